The van der Waals surface area contributed by atoms with Gasteiger partial charge in [-0.25, -0.2) is 4.39 Å². The minimum absolute atomic E-state index is 0.0864. The van der Waals surface area contributed by atoms with E-state index in [-0.39, 0.29) is 16.3 Å². The molecule has 1 unspecified atom stereocenters. The first-order valence-electron chi connectivity index (χ1n) is 5.70. The van der Waals surface area contributed by atoms with E-state index >= 15 is 0 Å². The number of nitrogens with zero attached hydrogens (tertiary/aromatic N) is 1. The number of rotatable bonds is 4. The lowest BCUT2D eigenvalue weighted by Gasteiger charge is -2.10. The van der Waals surface area contributed by atoms with E-state index in [1.165, 1.54) is 18.2 Å². The Hall–Kier alpha value is -1.75. The molecule has 0 heterocycles. The Kier molecular flexibility index (Phi) is 4.27. The molecule has 0 aliphatic heterocycles. The lowest BCUT2D eigenvalue weighted by Crippen LogP contribution is -2.00. The summed E-state index contributed by atoms with van der Waals surface area (Å²) < 4.78 is 13.1. The molecule has 0 N–H and O–H groups in total. The van der Waals surface area contributed by atoms with Gasteiger partial charge < -0.3 is 0 Å². The molecule has 2 aromatic carbocycles. The summed E-state index contributed by atoms with van der Waals surface area (Å²) in [7, 11) is 0. The predicted molar refractivity (Wildman–Crippen MR) is 74.9 cm³/mol. The van der Waals surface area contributed by atoms with Crippen molar-refractivity contribution in [3.63, 3.8) is 0 Å². The summed E-state index contributed by atoms with van der Waals surface area (Å²) in [6, 6.07) is 12.8. The van der Waals surface area contributed by atoms with Crippen LogP contribution >= 0.6 is 15.9 Å². The highest BCUT2D eigenvalue weighted by Crippen LogP contribution is 2.30. The summed E-state index contributed by atoms with van der Waals surface area (Å²) in [4.78, 5) is 10.4. The van der Waals surface area contributed by atoms with E-state index in [1.807, 2.05) is 0 Å². The van der Waals surface area contributed by atoms with Crippen LogP contribution in [0.3, 0.4) is 0 Å². The summed E-state index contributed by atoms with van der Waals surface area (Å²) in [5.41, 5.74) is 1.47. The van der Waals surface area contributed by atoms with Crippen LogP contribution in [0.5, 0.6) is 0 Å². The van der Waals surface area contributed by atoms with Crippen LogP contribution in [-0.4, -0.2) is 4.92 Å². The molecule has 3 nitrogen and oxygen atoms in total. The molecule has 0 bridgehead atoms. The van der Waals surface area contributed by atoms with Crippen LogP contribution in [0, 0.1) is 15.9 Å². The number of hydrogen-bond acceptors (Lipinski definition) is 2. The first-order chi connectivity index (χ1) is 9.08. The molecular formula is C14H11BrFNO2. The normalized spacial score (nSPS) is 12.1. The maximum Gasteiger partial charge on any atom is 0.272 e. The molecule has 0 spiro atoms. The largest absolute Gasteiger partial charge is 0.272 e. The third-order valence-electron chi connectivity index (χ3n) is 2.80. The molecular weight excluding hydrogens is 313 g/mol. The lowest BCUT2D eigenvalue weighted by molar-refractivity contribution is -0.385. The van der Waals surface area contributed by atoms with Crippen molar-refractivity contribution in [1.29, 1.82) is 0 Å². The van der Waals surface area contributed by atoms with Gasteiger partial charge in [-0.3, -0.25) is 10.1 Å². The number of alkyl halides is 1. The third-order valence-corrected chi connectivity index (χ3v) is 3.65. The van der Waals surface area contributed by atoms with E-state index in [1.54, 1.807) is 30.3 Å². The van der Waals surface area contributed by atoms with Crippen molar-refractivity contribution >= 4 is 21.6 Å². The topological polar surface area (TPSA) is 43.1 Å². The van der Waals surface area contributed by atoms with E-state index in [0.717, 1.165) is 5.56 Å². The zero-order chi connectivity index (χ0) is 13.8. The van der Waals surface area contributed by atoms with Gasteiger partial charge in [0.1, 0.15) is 5.82 Å². The molecule has 19 heavy (non-hydrogen) atoms. The van der Waals surface area contributed by atoms with Gasteiger partial charge in [-0.2, -0.15) is 0 Å². The van der Waals surface area contributed by atoms with Crippen molar-refractivity contribution in [2.75, 3.05) is 0 Å². The average Bonchev–Trinajstić information content (AvgIpc) is 2.39. The maximum atomic E-state index is 13.1. The molecule has 0 fully saturated rings. The highest BCUT2D eigenvalue weighted by molar-refractivity contribution is 9.09. The Balaban J connectivity index is 2.24. The van der Waals surface area contributed by atoms with Crippen molar-refractivity contribution in [1.82, 2.24) is 0 Å². The molecule has 0 aromatic heterocycles. The Bertz CT molecular complexity index is 604. The smallest absolute Gasteiger partial charge is 0.258 e. The van der Waals surface area contributed by atoms with Crippen molar-refractivity contribution < 1.29 is 9.31 Å². The average molecular weight is 324 g/mol. The zero-order valence-corrected chi connectivity index (χ0v) is 11.5. The number of benzene rings is 2. The van der Waals surface area contributed by atoms with Crippen LogP contribution in [0.2, 0.25) is 0 Å². The van der Waals surface area contributed by atoms with Gasteiger partial charge >= 0.3 is 0 Å². The molecule has 0 radical (unpaired) electrons. The van der Waals surface area contributed by atoms with Crippen molar-refractivity contribution in [3.8, 4) is 0 Å². The SMILES string of the molecule is O=[N+]([O-])c1ccccc1CC(Br)c1cccc(F)c1. The standard InChI is InChI=1S/C14H11BrFNO2/c15-13(10-5-3-6-12(16)8-10)9-11-4-1-2-7-14(11)17(18)19/h1-8,13H,9H2. The van der Waals surface area contributed by atoms with Gasteiger partial charge in [-0.05, 0) is 24.1 Å². The summed E-state index contributed by atoms with van der Waals surface area (Å²) in [5, 5.41) is 10.9. The van der Waals surface area contributed by atoms with Gasteiger partial charge in [0.25, 0.3) is 5.69 Å². The quantitative estimate of drug-likeness (QED) is 0.475. The lowest BCUT2D eigenvalue weighted by atomic mass is 10.0. The monoisotopic (exact) mass is 323 g/mol. The third kappa shape index (κ3) is 3.38. The summed E-state index contributed by atoms with van der Waals surface area (Å²) in [5.74, 6) is -0.315. The summed E-state index contributed by atoms with van der Waals surface area (Å²) in [6.45, 7) is 0. The Morgan fingerprint density at radius 1 is 1.21 bits per heavy atom. The first-order valence-corrected chi connectivity index (χ1v) is 6.61. The number of halogens is 2. The molecule has 98 valence electrons. The van der Waals surface area contributed by atoms with E-state index in [2.05, 4.69) is 15.9 Å². The van der Waals surface area contributed by atoms with Crippen LogP contribution in [0.4, 0.5) is 10.1 Å². The fourth-order valence-corrected chi connectivity index (χ4v) is 2.51. The Morgan fingerprint density at radius 3 is 2.63 bits per heavy atom. The van der Waals surface area contributed by atoms with Crippen molar-refractivity contribution in [2.45, 2.75) is 11.2 Å². The molecule has 0 aliphatic carbocycles. The molecule has 2 aromatic rings. The van der Waals surface area contributed by atoms with E-state index < -0.39 is 4.92 Å². The van der Waals surface area contributed by atoms with Crippen LogP contribution in [0.15, 0.2) is 48.5 Å². The van der Waals surface area contributed by atoms with Crippen LogP contribution in [0.1, 0.15) is 16.0 Å². The van der Waals surface area contributed by atoms with E-state index in [9.17, 15) is 14.5 Å². The number of para-hydroxylation sites is 1. The highest BCUT2D eigenvalue weighted by atomic mass is 79.9. The van der Waals surface area contributed by atoms with Crippen LogP contribution < -0.4 is 0 Å². The Labute approximate surface area is 118 Å². The van der Waals surface area contributed by atoms with Gasteiger partial charge in [0.2, 0.25) is 0 Å². The van der Waals surface area contributed by atoms with Gasteiger partial charge in [-0.1, -0.05) is 46.3 Å². The second-order valence-corrected chi connectivity index (χ2v) is 5.22. The van der Waals surface area contributed by atoms with Crippen LogP contribution in [-0.2, 0) is 6.42 Å². The number of nitro groups is 1. The van der Waals surface area contributed by atoms with Crippen molar-refractivity contribution in [2.24, 2.45) is 0 Å². The van der Waals surface area contributed by atoms with E-state index in [0.29, 0.717) is 12.0 Å². The second-order valence-electron chi connectivity index (χ2n) is 4.11. The van der Waals surface area contributed by atoms with Gasteiger partial charge in [0, 0.05) is 16.5 Å². The molecule has 2 rings (SSSR count). The minimum atomic E-state index is -0.402. The van der Waals surface area contributed by atoms with E-state index in [4.69, 9.17) is 0 Å². The molecule has 1 atom stereocenters. The second kappa shape index (κ2) is 5.93. The molecule has 5 heteroatoms. The molecule has 0 aliphatic rings. The molecule has 0 saturated carbocycles. The van der Waals surface area contributed by atoms with Gasteiger partial charge in [-0.15, -0.1) is 0 Å². The number of nitro benzene ring substituents is 1. The fourth-order valence-electron chi connectivity index (χ4n) is 1.87. The number of hydrogen-bond donors (Lipinski definition) is 0. The highest BCUT2D eigenvalue weighted by Gasteiger charge is 2.17. The fraction of sp³-hybridized carbons (Fsp3) is 0.143. The molecule has 0 amide bonds. The summed E-state index contributed by atoms with van der Waals surface area (Å²) >= 11 is 3.45. The maximum absolute atomic E-state index is 13.1. The molecule has 0 saturated heterocycles. The predicted octanol–water partition coefficient (Wildman–Crippen LogP) is 4.41. The first kappa shape index (κ1) is 13.7. The summed E-state index contributed by atoms with van der Waals surface area (Å²) in [6.07, 6.45) is 0.431. The van der Waals surface area contributed by atoms with Crippen molar-refractivity contribution in [3.05, 3.63) is 75.6 Å². The van der Waals surface area contributed by atoms with Gasteiger partial charge in [0.15, 0.2) is 0 Å². The van der Waals surface area contributed by atoms with Crippen LogP contribution in [0.25, 0.3) is 0 Å². The minimum Gasteiger partial charge on any atom is -0.258 e. The Morgan fingerprint density at radius 2 is 1.95 bits per heavy atom. The van der Waals surface area contributed by atoms with Gasteiger partial charge in [0.05, 0.1) is 4.92 Å². The zero-order valence-electron chi connectivity index (χ0n) is 9.92.